The number of rotatable bonds is 7. The van der Waals surface area contributed by atoms with Crippen LogP contribution in [0.4, 0.5) is 5.88 Å². The van der Waals surface area contributed by atoms with Crippen molar-refractivity contribution in [2.45, 2.75) is 48.4 Å². The summed E-state index contributed by atoms with van der Waals surface area (Å²) < 4.78 is 34.1. The van der Waals surface area contributed by atoms with Crippen LogP contribution in [-0.2, 0) is 16.3 Å². The van der Waals surface area contributed by atoms with E-state index in [1.165, 1.54) is 0 Å². The largest absolute Gasteiger partial charge is 0.423 e. The minimum Gasteiger partial charge on any atom is -0.423 e. The second kappa shape index (κ2) is 10.1. The topological polar surface area (TPSA) is 63.4 Å². The SMILES string of the molecule is CCc1ccc(S(=O)(=O)c2nc(C(c3ccccc3)c3ccccc3)oc2N2CCCCC2)cc1. The number of nitrogens with zero attached hydrogens (tertiary/aromatic N) is 2. The van der Waals surface area contributed by atoms with Crippen LogP contribution in [0.3, 0.4) is 0 Å². The minimum atomic E-state index is -3.87. The lowest BCUT2D eigenvalue weighted by molar-refractivity contribution is 0.458. The second-order valence-electron chi connectivity index (χ2n) is 8.97. The zero-order valence-electron chi connectivity index (χ0n) is 19.9. The molecule has 180 valence electrons. The standard InChI is InChI=1S/C29H30N2O3S/c1-2-22-16-18-25(19-17-22)35(32,33)28-29(31-20-10-5-11-21-31)34-27(30-28)26(23-12-6-3-7-13-23)24-14-8-4-9-15-24/h3-4,6-9,12-19,26H,2,5,10-11,20-21H2,1H3. The fraction of sp³-hybridized carbons (Fsp3) is 0.276. The zero-order valence-corrected chi connectivity index (χ0v) is 20.7. The van der Waals surface area contributed by atoms with Gasteiger partial charge in [-0.25, -0.2) is 8.42 Å². The van der Waals surface area contributed by atoms with Crippen molar-refractivity contribution in [3.05, 3.63) is 108 Å². The molecule has 0 bridgehead atoms. The molecule has 0 aliphatic carbocycles. The Balaban J connectivity index is 1.67. The lowest BCUT2D eigenvalue weighted by Crippen LogP contribution is -2.30. The van der Waals surface area contributed by atoms with Crippen LogP contribution in [0.2, 0.25) is 0 Å². The summed E-state index contributed by atoms with van der Waals surface area (Å²) in [6.07, 6.45) is 3.99. The van der Waals surface area contributed by atoms with E-state index in [1.807, 2.05) is 77.7 Å². The lowest BCUT2D eigenvalue weighted by atomic mass is 9.91. The Hall–Kier alpha value is -3.38. The van der Waals surface area contributed by atoms with E-state index in [0.717, 1.165) is 55.5 Å². The van der Waals surface area contributed by atoms with Crippen LogP contribution in [0.5, 0.6) is 0 Å². The molecule has 0 N–H and O–H groups in total. The number of anilines is 1. The van der Waals surface area contributed by atoms with E-state index >= 15 is 0 Å². The quantitative estimate of drug-likeness (QED) is 0.309. The molecule has 0 spiro atoms. The summed E-state index contributed by atoms with van der Waals surface area (Å²) in [6.45, 7) is 3.57. The molecule has 1 aromatic heterocycles. The van der Waals surface area contributed by atoms with E-state index < -0.39 is 9.84 Å². The number of piperidine rings is 1. The van der Waals surface area contributed by atoms with Gasteiger partial charge in [-0.05, 0) is 54.5 Å². The summed E-state index contributed by atoms with van der Waals surface area (Å²) >= 11 is 0. The van der Waals surface area contributed by atoms with Crippen molar-refractivity contribution < 1.29 is 12.8 Å². The van der Waals surface area contributed by atoms with Gasteiger partial charge >= 0.3 is 0 Å². The van der Waals surface area contributed by atoms with Gasteiger partial charge in [0.15, 0.2) is 0 Å². The van der Waals surface area contributed by atoms with Crippen molar-refractivity contribution >= 4 is 15.7 Å². The molecule has 1 aliphatic heterocycles. The molecule has 5 nitrogen and oxygen atoms in total. The third kappa shape index (κ3) is 4.76. The molecule has 0 radical (unpaired) electrons. The highest BCUT2D eigenvalue weighted by Crippen LogP contribution is 2.39. The monoisotopic (exact) mass is 486 g/mol. The van der Waals surface area contributed by atoms with Crippen molar-refractivity contribution in [1.29, 1.82) is 0 Å². The summed E-state index contributed by atoms with van der Waals surface area (Å²) in [4.78, 5) is 7.01. The van der Waals surface area contributed by atoms with E-state index in [-0.39, 0.29) is 15.8 Å². The number of hydrogen-bond acceptors (Lipinski definition) is 5. The fourth-order valence-electron chi connectivity index (χ4n) is 4.69. The zero-order chi connectivity index (χ0) is 24.3. The molecule has 4 aromatic rings. The molecule has 1 fully saturated rings. The Bertz CT molecular complexity index is 1320. The predicted octanol–water partition coefficient (Wildman–Crippen LogP) is 6.24. The molecule has 0 atom stereocenters. The summed E-state index contributed by atoms with van der Waals surface area (Å²) in [6, 6.07) is 27.0. The van der Waals surface area contributed by atoms with Crippen LogP contribution in [0.15, 0.2) is 99.3 Å². The highest BCUT2D eigenvalue weighted by Gasteiger charge is 2.34. The molecule has 1 aliphatic rings. The maximum atomic E-state index is 13.9. The minimum absolute atomic E-state index is 0.00973. The Morgan fingerprint density at radius 2 is 1.40 bits per heavy atom. The number of oxazole rings is 1. The summed E-state index contributed by atoms with van der Waals surface area (Å²) in [5.74, 6) is 0.440. The lowest BCUT2D eigenvalue weighted by Gasteiger charge is -2.26. The molecule has 1 saturated heterocycles. The fourth-order valence-corrected chi connectivity index (χ4v) is 6.02. The normalized spacial score (nSPS) is 14.4. The van der Waals surface area contributed by atoms with Gasteiger partial charge in [-0.1, -0.05) is 79.7 Å². The van der Waals surface area contributed by atoms with Crippen molar-refractivity contribution in [3.63, 3.8) is 0 Å². The first-order valence-electron chi connectivity index (χ1n) is 12.3. The van der Waals surface area contributed by atoms with Crippen LogP contribution < -0.4 is 4.90 Å². The van der Waals surface area contributed by atoms with Crippen LogP contribution in [0, 0.1) is 0 Å². The molecule has 35 heavy (non-hydrogen) atoms. The van der Waals surface area contributed by atoms with Gasteiger partial charge in [-0.2, -0.15) is 4.98 Å². The van der Waals surface area contributed by atoms with Gasteiger partial charge in [-0.15, -0.1) is 0 Å². The smallest absolute Gasteiger partial charge is 0.236 e. The Kier molecular flexibility index (Phi) is 6.73. The van der Waals surface area contributed by atoms with E-state index in [4.69, 9.17) is 9.40 Å². The van der Waals surface area contributed by atoms with E-state index in [1.54, 1.807) is 12.1 Å². The van der Waals surface area contributed by atoms with Crippen LogP contribution in [0.1, 0.15) is 54.7 Å². The Labute approximate surface area is 207 Å². The highest BCUT2D eigenvalue weighted by atomic mass is 32.2. The summed E-state index contributed by atoms with van der Waals surface area (Å²) in [7, 11) is -3.87. The average molecular weight is 487 g/mol. The third-order valence-electron chi connectivity index (χ3n) is 6.65. The number of benzene rings is 3. The number of aromatic nitrogens is 1. The first kappa shape index (κ1) is 23.4. The predicted molar refractivity (Wildman–Crippen MR) is 138 cm³/mol. The molecule has 3 aromatic carbocycles. The Morgan fingerprint density at radius 3 is 1.94 bits per heavy atom. The van der Waals surface area contributed by atoms with E-state index in [9.17, 15) is 8.42 Å². The van der Waals surface area contributed by atoms with Gasteiger partial charge in [-0.3, -0.25) is 0 Å². The molecule has 5 rings (SSSR count). The summed E-state index contributed by atoms with van der Waals surface area (Å²) in [5.41, 5.74) is 3.09. The van der Waals surface area contributed by atoms with E-state index in [0.29, 0.717) is 11.8 Å². The first-order chi connectivity index (χ1) is 17.1. The molecule has 0 saturated carbocycles. The number of aryl methyl sites for hydroxylation is 1. The van der Waals surface area contributed by atoms with Gasteiger partial charge in [0.1, 0.15) is 0 Å². The maximum absolute atomic E-state index is 13.9. The average Bonchev–Trinajstić information content (AvgIpc) is 3.36. The Morgan fingerprint density at radius 1 is 0.829 bits per heavy atom. The number of sulfone groups is 1. The van der Waals surface area contributed by atoms with Gasteiger partial charge < -0.3 is 9.32 Å². The highest BCUT2D eigenvalue weighted by molar-refractivity contribution is 7.91. The maximum Gasteiger partial charge on any atom is 0.236 e. The van der Waals surface area contributed by atoms with Gasteiger partial charge in [0.05, 0.1) is 10.8 Å². The van der Waals surface area contributed by atoms with Crippen molar-refractivity contribution in [3.8, 4) is 0 Å². The van der Waals surface area contributed by atoms with Crippen molar-refractivity contribution in [1.82, 2.24) is 4.98 Å². The van der Waals surface area contributed by atoms with Crippen LogP contribution >= 0.6 is 0 Å². The second-order valence-corrected chi connectivity index (χ2v) is 10.8. The van der Waals surface area contributed by atoms with Gasteiger partial charge in [0.25, 0.3) is 0 Å². The van der Waals surface area contributed by atoms with Crippen molar-refractivity contribution in [2.75, 3.05) is 18.0 Å². The van der Waals surface area contributed by atoms with Crippen LogP contribution in [0.25, 0.3) is 0 Å². The molecule has 0 amide bonds. The third-order valence-corrected chi connectivity index (χ3v) is 8.32. The van der Waals surface area contributed by atoms with Crippen molar-refractivity contribution in [2.24, 2.45) is 0 Å². The molecule has 2 heterocycles. The van der Waals surface area contributed by atoms with Crippen LogP contribution in [-0.4, -0.2) is 26.5 Å². The molecular formula is C29H30N2O3S. The van der Waals surface area contributed by atoms with Gasteiger partial charge in [0.2, 0.25) is 26.6 Å². The summed E-state index contributed by atoms with van der Waals surface area (Å²) in [5, 5.41) is 0.00973. The van der Waals surface area contributed by atoms with Gasteiger partial charge in [0, 0.05) is 13.1 Å². The molecular weight excluding hydrogens is 456 g/mol. The van der Waals surface area contributed by atoms with E-state index in [2.05, 4.69) is 6.92 Å². The number of hydrogen-bond donors (Lipinski definition) is 0. The molecule has 0 unspecified atom stereocenters. The molecule has 6 heteroatoms. The first-order valence-corrected chi connectivity index (χ1v) is 13.8.